The Morgan fingerprint density at radius 2 is 2.29 bits per heavy atom. The molecule has 1 aliphatic rings. The summed E-state index contributed by atoms with van der Waals surface area (Å²) in [6.07, 6.45) is 5.38. The third-order valence-electron chi connectivity index (χ3n) is 3.34. The van der Waals surface area contributed by atoms with E-state index in [1.165, 1.54) is 12.8 Å². The van der Waals surface area contributed by atoms with Crippen molar-refractivity contribution in [3.05, 3.63) is 11.6 Å². The molecular weight excluding hydrogens is 216 g/mol. The van der Waals surface area contributed by atoms with Gasteiger partial charge in [-0.25, -0.2) is 0 Å². The summed E-state index contributed by atoms with van der Waals surface area (Å²) < 4.78 is 2.25. The standard InChI is InChI=1S/C12H22N4O/c1-10(5-4-8-17)13-9-12-15-14-11-6-2-3-7-16(11)12/h10,13,17H,2-9H2,1H3. The highest BCUT2D eigenvalue weighted by Gasteiger charge is 2.15. The summed E-state index contributed by atoms with van der Waals surface area (Å²) in [7, 11) is 0. The van der Waals surface area contributed by atoms with Crippen LogP contribution in [0.4, 0.5) is 0 Å². The summed E-state index contributed by atoms with van der Waals surface area (Å²) in [5.74, 6) is 2.19. The molecule has 96 valence electrons. The highest BCUT2D eigenvalue weighted by molar-refractivity contribution is 4.98. The Balaban J connectivity index is 1.84. The second-order valence-corrected chi connectivity index (χ2v) is 4.79. The monoisotopic (exact) mass is 238 g/mol. The van der Waals surface area contributed by atoms with Gasteiger partial charge in [-0.2, -0.15) is 0 Å². The van der Waals surface area contributed by atoms with Crippen molar-refractivity contribution in [2.24, 2.45) is 0 Å². The molecule has 1 aromatic rings. The van der Waals surface area contributed by atoms with Crippen molar-refractivity contribution < 1.29 is 5.11 Å². The Morgan fingerprint density at radius 1 is 1.41 bits per heavy atom. The molecule has 17 heavy (non-hydrogen) atoms. The highest BCUT2D eigenvalue weighted by Crippen LogP contribution is 2.14. The first-order chi connectivity index (χ1) is 8.31. The Morgan fingerprint density at radius 3 is 3.12 bits per heavy atom. The smallest absolute Gasteiger partial charge is 0.147 e. The molecule has 5 heteroatoms. The fraction of sp³-hybridized carbons (Fsp3) is 0.833. The predicted octanol–water partition coefficient (Wildman–Crippen LogP) is 0.865. The van der Waals surface area contributed by atoms with Gasteiger partial charge in [0.15, 0.2) is 0 Å². The van der Waals surface area contributed by atoms with E-state index in [0.29, 0.717) is 6.04 Å². The van der Waals surface area contributed by atoms with Crippen LogP contribution in [0.15, 0.2) is 0 Å². The van der Waals surface area contributed by atoms with Crippen molar-refractivity contribution in [1.82, 2.24) is 20.1 Å². The Kier molecular flexibility index (Phi) is 4.50. The van der Waals surface area contributed by atoms with Gasteiger partial charge in [-0.05, 0) is 32.6 Å². The minimum atomic E-state index is 0.270. The summed E-state index contributed by atoms with van der Waals surface area (Å²) in [5.41, 5.74) is 0. The number of nitrogens with zero attached hydrogens (tertiary/aromatic N) is 3. The van der Waals surface area contributed by atoms with E-state index in [1.807, 2.05) is 0 Å². The predicted molar refractivity (Wildman–Crippen MR) is 65.6 cm³/mol. The van der Waals surface area contributed by atoms with E-state index in [-0.39, 0.29) is 6.61 Å². The molecule has 5 nitrogen and oxygen atoms in total. The van der Waals surface area contributed by atoms with E-state index in [2.05, 4.69) is 27.0 Å². The van der Waals surface area contributed by atoms with Crippen molar-refractivity contribution in [2.75, 3.05) is 6.61 Å². The van der Waals surface area contributed by atoms with Crippen LogP contribution < -0.4 is 5.32 Å². The molecule has 2 heterocycles. The maximum Gasteiger partial charge on any atom is 0.147 e. The molecule has 2 N–H and O–H groups in total. The lowest BCUT2D eigenvalue weighted by Gasteiger charge is -2.16. The van der Waals surface area contributed by atoms with Gasteiger partial charge in [0.1, 0.15) is 11.6 Å². The normalized spacial score (nSPS) is 16.8. The van der Waals surface area contributed by atoms with E-state index in [9.17, 15) is 0 Å². The molecule has 0 amide bonds. The first-order valence-corrected chi connectivity index (χ1v) is 6.56. The molecule has 1 aromatic heterocycles. The molecule has 0 saturated heterocycles. The first kappa shape index (κ1) is 12.5. The molecule has 1 aliphatic heterocycles. The van der Waals surface area contributed by atoms with Gasteiger partial charge in [0.25, 0.3) is 0 Å². The SMILES string of the molecule is CC(CCCO)NCc1nnc2n1CCCC2. The van der Waals surface area contributed by atoms with Gasteiger partial charge < -0.3 is 15.0 Å². The molecule has 0 saturated carbocycles. The molecule has 0 spiro atoms. The molecule has 0 radical (unpaired) electrons. The lowest BCUT2D eigenvalue weighted by molar-refractivity contribution is 0.276. The number of nitrogens with one attached hydrogen (secondary N) is 1. The molecule has 1 unspecified atom stereocenters. The van der Waals surface area contributed by atoms with Crippen molar-refractivity contribution in [3.63, 3.8) is 0 Å². The van der Waals surface area contributed by atoms with Crippen molar-refractivity contribution in [2.45, 2.75) is 58.2 Å². The minimum absolute atomic E-state index is 0.270. The van der Waals surface area contributed by atoms with E-state index in [1.54, 1.807) is 0 Å². The number of aromatic nitrogens is 3. The van der Waals surface area contributed by atoms with Gasteiger partial charge in [0, 0.05) is 25.6 Å². The zero-order valence-electron chi connectivity index (χ0n) is 10.5. The van der Waals surface area contributed by atoms with Crippen LogP contribution in [-0.2, 0) is 19.5 Å². The number of rotatable bonds is 6. The zero-order chi connectivity index (χ0) is 12.1. The molecule has 0 fully saturated rings. The number of hydrogen-bond donors (Lipinski definition) is 2. The average Bonchev–Trinajstić information content (AvgIpc) is 2.77. The average molecular weight is 238 g/mol. The second kappa shape index (κ2) is 6.12. The fourth-order valence-corrected chi connectivity index (χ4v) is 2.26. The Labute approximate surface area is 102 Å². The molecule has 0 aliphatic carbocycles. The summed E-state index contributed by atoms with van der Waals surface area (Å²) in [4.78, 5) is 0. The van der Waals surface area contributed by atoms with Gasteiger partial charge in [-0.1, -0.05) is 0 Å². The number of aliphatic hydroxyl groups is 1. The number of hydrogen-bond acceptors (Lipinski definition) is 4. The van der Waals surface area contributed by atoms with Gasteiger partial charge in [-0.3, -0.25) is 0 Å². The largest absolute Gasteiger partial charge is 0.396 e. The first-order valence-electron chi connectivity index (χ1n) is 6.56. The zero-order valence-corrected chi connectivity index (χ0v) is 10.5. The topological polar surface area (TPSA) is 63.0 Å². The number of fused-ring (bicyclic) bond motifs is 1. The molecule has 1 atom stereocenters. The summed E-state index contributed by atoms with van der Waals surface area (Å²) in [6, 6.07) is 0.415. The summed E-state index contributed by atoms with van der Waals surface area (Å²) in [5, 5.41) is 20.7. The number of aliphatic hydroxyl groups excluding tert-OH is 1. The quantitative estimate of drug-likeness (QED) is 0.772. The molecule has 2 rings (SSSR count). The third kappa shape index (κ3) is 3.26. The van der Waals surface area contributed by atoms with Gasteiger partial charge in [-0.15, -0.1) is 10.2 Å². The molecule has 0 aromatic carbocycles. The highest BCUT2D eigenvalue weighted by atomic mass is 16.2. The Hall–Kier alpha value is -0.940. The number of aryl methyl sites for hydroxylation is 1. The lowest BCUT2D eigenvalue weighted by Crippen LogP contribution is -2.27. The second-order valence-electron chi connectivity index (χ2n) is 4.79. The maximum atomic E-state index is 8.77. The van der Waals surface area contributed by atoms with Crippen LogP contribution in [-0.4, -0.2) is 32.5 Å². The summed E-state index contributed by atoms with van der Waals surface area (Å²) in [6.45, 7) is 4.25. The van der Waals surface area contributed by atoms with E-state index >= 15 is 0 Å². The van der Waals surface area contributed by atoms with E-state index in [4.69, 9.17) is 5.11 Å². The lowest BCUT2D eigenvalue weighted by atomic mass is 10.1. The van der Waals surface area contributed by atoms with Gasteiger partial charge in [0.2, 0.25) is 0 Å². The van der Waals surface area contributed by atoms with Crippen LogP contribution in [0, 0.1) is 0 Å². The van der Waals surface area contributed by atoms with Crippen LogP contribution in [0.2, 0.25) is 0 Å². The van der Waals surface area contributed by atoms with Gasteiger partial charge >= 0.3 is 0 Å². The fourth-order valence-electron chi connectivity index (χ4n) is 2.26. The molecule has 0 bridgehead atoms. The van der Waals surface area contributed by atoms with Crippen LogP contribution in [0.5, 0.6) is 0 Å². The van der Waals surface area contributed by atoms with Crippen LogP contribution >= 0.6 is 0 Å². The van der Waals surface area contributed by atoms with Crippen molar-refractivity contribution in [3.8, 4) is 0 Å². The maximum absolute atomic E-state index is 8.77. The van der Waals surface area contributed by atoms with Crippen LogP contribution in [0.3, 0.4) is 0 Å². The van der Waals surface area contributed by atoms with Crippen LogP contribution in [0.25, 0.3) is 0 Å². The van der Waals surface area contributed by atoms with E-state index in [0.717, 1.165) is 44.0 Å². The van der Waals surface area contributed by atoms with Crippen molar-refractivity contribution >= 4 is 0 Å². The van der Waals surface area contributed by atoms with Gasteiger partial charge in [0.05, 0.1) is 6.54 Å². The van der Waals surface area contributed by atoms with E-state index < -0.39 is 0 Å². The minimum Gasteiger partial charge on any atom is -0.396 e. The van der Waals surface area contributed by atoms with Crippen LogP contribution in [0.1, 0.15) is 44.3 Å². The van der Waals surface area contributed by atoms with Crippen molar-refractivity contribution in [1.29, 1.82) is 0 Å². The Bertz CT molecular complexity index is 350. The third-order valence-corrected chi connectivity index (χ3v) is 3.34. The molecular formula is C12H22N4O. The summed E-state index contributed by atoms with van der Waals surface area (Å²) >= 11 is 0.